The Morgan fingerprint density at radius 2 is 2.12 bits per heavy atom. The molecule has 1 aromatic heterocycles. The Morgan fingerprint density at radius 1 is 1.53 bits per heavy atom. The summed E-state index contributed by atoms with van der Waals surface area (Å²) >= 11 is 0. The van der Waals surface area contributed by atoms with Gasteiger partial charge in [0.15, 0.2) is 0 Å². The quantitative estimate of drug-likeness (QED) is 0.831. The number of nitrogens with one attached hydrogen (secondary N) is 1. The molecule has 0 spiro atoms. The van der Waals surface area contributed by atoms with Crippen LogP contribution < -0.4 is 11.1 Å². The summed E-state index contributed by atoms with van der Waals surface area (Å²) in [5.74, 6) is 0.900. The third-order valence-electron chi connectivity index (χ3n) is 1.87. The van der Waals surface area contributed by atoms with E-state index in [-0.39, 0.29) is 6.04 Å². The van der Waals surface area contributed by atoms with Gasteiger partial charge < -0.3 is 10.5 Å². The highest BCUT2D eigenvalue weighted by molar-refractivity contribution is 5.84. The first-order valence-corrected chi connectivity index (χ1v) is 5.54. The fourth-order valence-corrected chi connectivity index (χ4v) is 1.31. The number of anilines is 2. The second-order valence-corrected chi connectivity index (χ2v) is 5.12. The molecule has 0 saturated heterocycles. The number of hydrogen-bond donors (Lipinski definition) is 2. The molecule has 0 aliphatic rings. The normalized spacial score (nSPS) is 11.6. The van der Waals surface area contributed by atoms with E-state index in [4.69, 9.17) is 10.5 Å². The number of nitrogens with zero attached hydrogens (tertiary/aromatic N) is 2. The Kier molecular flexibility index (Phi) is 3.65. The van der Waals surface area contributed by atoms with Crippen LogP contribution in [0.1, 0.15) is 40.7 Å². The van der Waals surface area contributed by atoms with E-state index in [1.54, 1.807) is 31.5 Å². The number of nitrogens with two attached hydrogens (primary N) is 1. The molecule has 6 heteroatoms. The number of nitrogen functional groups attached to an aromatic ring is 1. The minimum absolute atomic E-state index is 0.109. The molecule has 0 saturated carbocycles. The first kappa shape index (κ1) is 13.3. The summed E-state index contributed by atoms with van der Waals surface area (Å²) in [7, 11) is 0. The molecule has 96 valence electrons. The first-order chi connectivity index (χ1) is 7.69. The molecule has 1 amide bonds. The molecule has 6 nitrogen and oxygen atoms in total. The number of rotatable bonds is 2. The van der Waals surface area contributed by atoms with E-state index in [1.807, 2.05) is 13.8 Å². The van der Waals surface area contributed by atoms with Gasteiger partial charge in [-0.1, -0.05) is 0 Å². The van der Waals surface area contributed by atoms with Crippen LogP contribution in [0.4, 0.5) is 16.4 Å². The average Bonchev–Trinajstić information content (AvgIpc) is 2.42. The van der Waals surface area contributed by atoms with Gasteiger partial charge >= 0.3 is 6.09 Å². The highest BCUT2D eigenvalue weighted by Crippen LogP contribution is 2.18. The van der Waals surface area contributed by atoms with Gasteiger partial charge in [0.1, 0.15) is 17.2 Å². The molecule has 0 aromatic carbocycles. The van der Waals surface area contributed by atoms with E-state index in [9.17, 15) is 4.79 Å². The van der Waals surface area contributed by atoms with E-state index < -0.39 is 11.7 Å². The monoisotopic (exact) mass is 240 g/mol. The summed E-state index contributed by atoms with van der Waals surface area (Å²) in [6.45, 7) is 9.32. The molecule has 0 bridgehead atoms. The Morgan fingerprint density at radius 3 is 2.59 bits per heavy atom. The smallest absolute Gasteiger partial charge is 0.413 e. The Labute approximate surface area is 101 Å². The lowest BCUT2D eigenvalue weighted by Crippen LogP contribution is -2.28. The second kappa shape index (κ2) is 4.65. The van der Waals surface area contributed by atoms with Crippen molar-refractivity contribution in [3.63, 3.8) is 0 Å². The molecule has 0 aliphatic heterocycles. The maximum Gasteiger partial charge on any atom is 0.413 e. The molecular formula is C11H20N4O2. The first-order valence-electron chi connectivity index (χ1n) is 5.54. The third kappa shape index (κ3) is 3.97. The molecule has 1 rings (SSSR count). The summed E-state index contributed by atoms with van der Waals surface area (Å²) < 4.78 is 6.79. The number of hydrogen-bond acceptors (Lipinski definition) is 4. The zero-order chi connectivity index (χ0) is 13.2. The highest BCUT2D eigenvalue weighted by atomic mass is 16.6. The number of ether oxygens (including phenoxy) is 1. The minimum Gasteiger partial charge on any atom is -0.444 e. The van der Waals surface area contributed by atoms with Gasteiger partial charge in [0, 0.05) is 12.1 Å². The van der Waals surface area contributed by atoms with Gasteiger partial charge in [-0.3, -0.25) is 5.32 Å². The predicted molar refractivity (Wildman–Crippen MR) is 66.9 cm³/mol. The van der Waals surface area contributed by atoms with Crippen LogP contribution in [0.15, 0.2) is 6.07 Å². The Balaban J connectivity index is 2.78. The van der Waals surface area contributed by atoms with E-state index in [1.165, 1.54) is 0 Å². The van der Waals surface area contributed by atoms with Gasteiger partial charge in [0.25, 0.3) is 0 Å². The lowest BCUT2D eigenvalue weighted by molar-refractivity contribution is 0.0634. The van der Waals surface area contributed by atoms with E-state index >= 15 is 0 Å². The Bertz CT molecular complexity index is 404. The van der Waals surface area contributed by atoms with Crippen LogP contribution >= 0.6 is 0 Å². The summed E-state index contributed by atoms with van der Waals surface area (Å²) in [5, 5.41) is 6.71. The summed E-state index contributed by atoms with van der Waals surface area (Å²) in [5.41, 5.74) is 5.07. The van der Waals surface area contributed by atoms with E-state index in [0.717, 1.165) is 0 Å². The van der Waals surface area contributed by atoms with Crippen LogP contribution in [0.2, 0.25) is 0 Å². The summed E-state index contributed by atoms with van der Waals surface area (Å²) in [6.07, 6.45) is -0.515. The van der Waals surface area contributed by atoms with Crippen molar-refractivity contribution in [2.75, 3.05) is 11.1 Å². The highest BCUT2D eigenvalue weighted by Gasteiger charge is 2.18. The van der Waals surface area contributed by atoms with Crippen LogP contribution in [0.3, 0.4) is 0 Å². The maximum absolute atomic E-state index is 11.6. The maximum atomic E-state index is 11.6. The van der Waals surface area contributed by atoms with Crippen molar-refractivity contribution in [2.24, 2.45) is 0 Å². The second-order valence-electron chi connectivity index (χ2n) is 5.12. The number of carbonyl (C=O) groups is 1. The van der Waals surface area contributed by atoms with Gasteiger partial charge in [-0.25, -0.2) is 9.48 Å². The molecule has 17 heavy (non-hydrogen) atoms. The number of aromatic nitrogens is 2. The zero-order valence-electron chi connectivity index (χ0n) is 10.9. The Hall–Kier alpha value is -1.72. The lowest BCUT2D eigenvalue weighted by Gasteiger charge is -2.20. The molecule has 0 radical (unpaired) electrons. The average molecular weight is 240 g/mol. The predicted octanol–water partition coefficient (Wildman–Crippen LogP) is 2.39. The van der Waals surface area contributed by atoms with Crippen LogP contribution in [0, 0.1) is 0 Å². The summed E-state index contributed by atoms with van der Waals surface area (Å²) in [6, 6.07) is 1.71. The van der Waals surface area contributed by atoms with E-state index in [2.05, 4.69) is 10.4 Å². The molecular weight excluding hydrogens is 220 g/mol. The standard InChI is InChI=1S/C11H20N4O2/c1-7(2)15-9(6-8(12)14-15)13-10(16)17-11(3,4)5/h6-7H,1-5H3,(H2,12,14)(H,13,16). The summed E-state index contributed by atoms with van der Waals surface area (Å²) in [4.78, 5) is 11.6. The number of carbonyl (C=O) groups excluding carboxylic acids is 1. The van der Waals surface area contributed by atoms with Crippen LogP contribution in [0.25, 0.3) is 0 Å². The van der Waals surface area contributed by atoms with Crippen molar-refractivity contribution in [3.8, 4) is 0 Å². The van der Waals surface area contributed by atoms with Crippen molar-refractivity contribution in [2.45, 2.75) is 46.3 Å². The molecule has 0 atom stereocenters. The van der Waals surface area contributed by atoms with Crippen LogP contribution in [0.5, 0.6) is 0 Å². The molecule has 1 heterocycles. The zero-order valence-corrected chi connectivity index (χ0v) is 10.9. The van der Waals surface area contributed by atoms with Gasteiger partial charge in [0.05, 0.1) is 0 Å². The molecule has 0 fully saturated rings. The van der Waals surface area contributed by atoms with Gasteiger partial charge in [-0.05, 0) is 34.6 Å². The fourth-order valence-electron chi connectivity index (χ4n) is 1.31. The molecule has 0 unspecified atom stereocenters. The lowest BCUT2D eigenvalue weighted by atomic mass is 10.2. The number of amides is 1. The van der Waals surface area contributed by atoms with Crippen molar-refractivity contribution >= 4 is 17.7 Å². The van der Waals surface area contributed by atoms with Crippen molar-refractivity contribution in [1.29, 1.82) is 0 Å². The topological polar surface area (TPSA) is 82.2 Å². The molecule has 3 N–H and O–H groups in total. The minimum atomic E-state index is -0.529. The van der Waals surface area contributed by atoms with Crippen molar-refractivity contribution < 1.29 is 9.53 Å². The molecule has 0 aliphatic carbocycles. The van der Waals surface area contributed by atoms with Crippen LogP contribution in [-0.2, 0) is 4.74 Å². The fraction of sp³-hybridized carbons (Fsp3) is 0.636. The molecule has 1 aromatic rings. The van der Waals surface area contributed by atoms with Crippen LogP contribution in [-0.4, -0.2) is 21.5 Å². The van der Waals surface area contributed by atoms with Gasteiger partial charge in [-0.15, -0.1) is 0 Å². The van der Waals surface area contributed by atoms with E-state index in [0.29, 0.717) is 11.6 Å². The van der Waals surface area contributed by atoms with Gasteiger partial charge in [0.2, 0.25) is 0 Å². The SMILES string of the molecule is CC(C)n1nc(N)cc1NC(=O)OC(C)(C)C. The van der Waals surface area contributed by atoms with Gasteiger partial charge in [-0.2, -0.15) is 5.10 Å². The van der Waals surface area contributed by atoms with Crippen molar-refractivity contribution in [3.05, 3.63) is 6.07 Å². The van der Waals surface area contributed by atoms with Crippen molar-refractivity contribution in [1.82, 2.24) is 9.78 Å². The third-order valence-corrected chi connectivity index (χ3v) is 1.87. The largest absolute Gasteiger partial charge is 0.444 e.